The van der Waals surface area contributed by atoms with Crippen LogP contribution in [-0.2, 0) is 6.42 Å². The van der Waals surface area contributed by atoms with E-state index in [0.29, 0.717) is 0 Å². The fourth-order valence-corrected chi connectivity index (χ4v) is 3.86. The van der Waals surface area contributed by atoms with Crippen molar-refractivity contribution in [3.05, 3.63) is 65.5 Å². The summed E-state index contributed by atoms with van der Waals surface area (Å²) in [6.07, 6.45) is 4.58. The Bertz CT molecular complexity index is 1140. The minimum absolute atomic E-state index is 0.752. The van der Waals surface area contributed by atoms with Crippen LogP contribution in [0.3, 0.4) is 0 Å². The maximum Gasteiger partial charge on any atom is 0.189 e. The smallest absolute Gasteiger partial charge is 0.189 e. The van der Waals surface area contributed by atoms with Crippen LogP contribution in [0.15, 0.2) is 53.8 Å². The molecular weight excluding hydrogens is 382 g/mol. The van der Waals surface area contributed by atoms with Gasteiger partial charge in [-0.25, -0.2) is 9.97 Å². The molecule has 0 bridgehead atoms. The van der Waals surface area contributed by atoms with Crippen molar-refractivity contribution in [2.75, 3.05) is 25.3 Å². The zero-order chi connectivity index (χ0) is 20.4. The van der Waals surface area contributed by atoms with Crippen molar-refractivity contribution < 1.29 is 4.74 Å². The first-order valence-corrected chi connectivity index (χ1v) is 10.5. The van der Waals surface area contributed by atoms with Crippen LogP contribution in [0.25, 0.3) is 10.9 Å². The number of nitrogens with one attached hydrogen (secondary N) is 1. The van der Waals surface area contributed by atoms with E-state index in [1.165, 1.54) is 22.9 Å². The third-order valence-corrected chi connectivity index (χ3v) is 5.55. The Labute approximate surface area is 174 Å². The predicted octanol–water partition coefficient (Wildman–Crippen LogP) is 4.75. The predicted molar refractivity (Wildman–Crippen MR) is 119 cm³/mol. The van der Waals surface area contributed by atoms with Crippen molar-refractivity contribution in [3.8, 4) is 5.75 Å². The lowest BCUT2D eigenvalue weighted by molar-refractivity contribution is 0.414. The number of aromatic amines is 1. The Hall–Kier alpha value is -3.06. The second-order valence-electron chi connectivity index (χ2n) is 6.80. The molecule has 6 nitrogen and oxygen atoms in total. The van der Waals surface area contributed by atoms with Gasteiger partial charge in [-0.2, -0.15) is 5.10 Å². The molecule has 0 radical (unpaired) electrons. The average Bonchev–Trinajstić information content (AvgIpc) is 3.14. The number of methoxy groups -OCH3 is 1. The summed E-state index contributed by atoms with van der Waals surface area (Å²) >= 11 is 1.54. The minimum Gasteiger partial charge on any atom is -0.497 e. The van der Waals surface area contributed by atoms with E-state index >= 15 is 0 Å². The quantitative estimate of drug-likeness (QED) is 0.369. The number of ether oxygens (including phenoxy) is 1. The maximum atomic E-state index is 5.29. The lowest BCUT2D eigenvalue weighted by atomic mass is 9.99. The molecule has 4 aromatic rings. The summed E-state index contributed by atoms with van der Waals surface area (Å²) in [6, 6.07) is 14.4. The Morgan fingerprint density at radius 1 is 1.10 bits per heavy atom. The molecular formula is C22H23N5OS. The van der Waals surface area contributed by atoms with Gasteiger partial charge in [0.2, 0.25) is 0 Å². The molecule has 2 aromatic carbocycles. The number of hydrogen-bond acceptors (Lipinski definition) is 6. The van der Waals surface area contributed by atoms with Crippen molar-refractivity contribution in [2.45, 2.75) is 18.5 Å². The van der Waals surface area contributed by atoms with Gasteiger partial charge < -0.3 is 9.64 Å². The number of aromatic nitrogens is 4. The molecule has 2 heterocycles. The number of benzene rings is 2. The van der Waals surface area contributed by atoms with E-state index in [9.17, 15) is 0 Å². The van der Waals surface area contributed by atoms with E-state index in [4.69, 9.17) is 4.74 Å². The van der Waals surface area contributed by atoms with Gasteiger partial charge in [0.1, 0.15) is 11.6 Å². The molecule has 0 unspecified atom stereocenters. The van der Waals surface area contributed by atoms with Gasteiger partial charge in [-0.15, -0.1) is 0 Å². The van der Waals surface area contributed by atoms with Gasteiger partial charge in [-0.3, -0.25) is 5.10 Å². The Morgan fingerprint density at radius 2 is 1.90 bits per heavy atom. The average molecular weight is 406 g/mol. The van der Waals surface area contributed by atoms with E-state index in [1.54, 1.807) is 13.3 Å². The van der Waals surface area contributed by atoms with E-state index in [1.807, 2.05) is 31.5 Å². The molecule has 0 spiro atoms. The largest absolute Gasteiger partial charge is 0.497 e. The van der Waals surface area contributed by atoms with Gasteiger partial charge in [-0.05, 0) is 55.0 Å². The van der Waals surface area contributed by atoms with Gasteiger partial charge in [0.05, 0.1) is 18.3 Å². The van der Waals surface area contributed by atoms with Gasteiger partial charge in [0, 0.05) is 24.3 Å². The first-order chi connectivity index (χ1) is 14.1. The number of H-pyrrole nitrogens is 1. The SMILES string of the molecule is COc1ccc(Cc2ccc3n[nH]c(C)c3c2N(C)c2ccnc(SC)n2)cc1. The molecule has 0 saturated carbocycles. The number of nitrogens with zero attached hydrogens (tertiary/aromatic N) is 4. The second-order valence-corrected chi connectivity index (χ2v) is 7.57. The van der Waals surface area contributed by atoms with Crippen molar-refractivity contribution in [1.29, 1.82) is 0 Å². The van der Waals surface area contributed by atoms with Gasteiger partial charge >= 0.3 is 0 Å². The summed E-state index contributed by atoms with van der Waals surface area (Å²) in [5.41, 5.74) is 5.52. The van der Waals surface area contributed by atoms with E-state index in [-0.39, 0.29) is 0 Å². The highest BCUT2D eigenvalue weighted by Gasteiger charge is 2.18. The number of thioether (sulfide) groups is 1. The molecule has 0 aliphatic heterocycles. The van der Waals surface area contributed by atoms with Gasteiger partial charge in [0.25, 0.3) is 0 Å². The molecule has 29 heavy (non-hydrogen) atoms. The standard InChI is InChI=1S/C22H23N5OS/c1-14-20-18(26-25-14)10-7-16(13-15-5-8-17(28-3)9-6-15)21(20)27(2)19-11-12-23-22(24-19)29-4/h5-12H,13H2,1-4H3,(H,25,26). The number of rotatable bonds is 6. The third kappa shape index (κ3) is 3.78. The summed E-state index contributed by atoms with van der Waals surface area (Å²) in [5, 5.41) is 9.44. The van der Waals surface area contributed by atoms with Gasteiger partial charge in [0.15, 0.2) is 5.16 Å². The number of hydrogen-bond donors (Lipinski definition) is 1. The monoisotopic (exact) mass is 405 g/mol. The topological polar surface area (TPSA) is 66.9 Å². The van der Waals surface area contributed by atoms with Crippen LogP contribution in [-0.4, -0.2) is 40.6 Å². The number of anilines is 2. The fourth-order valence-electron chi connectivity index (χ4n) is 3.51. The Kier molecular flexibility index (Phi) is 5.40. The highest BCUT2D eigenvalue weighted by molar-refractivity contribution is 7.98. The summed E-state index contributed by atoms with van der Waals surface area (Å²) in [6.45, 7) is 2.05. The summed E-state index contributed by atoms with van der Waals surface area (Å²) in [7, 11) is 3.73. The van der Waals surface area contributed by atoms with Crippen LogP contribution in [0.2, 0.25) is 0 Å². The lowest BCUT2D eigenvalue weighted by Gasteiger charge is -2.23. The Morgan fingerprint density at radius 3 is 2.62 bits per heavy atom. The van der Waals surface area contributed by atoms with E-state index in [2.05, 4.69) is 56.3 Å². The van der Waals surface area contributed by atoms with Crippen molar-refractivity contribution in [2.24, 2.45) is 0 Å². The molecule has 0 aliphatic carbocycles. The van der Waals surface area contributed by atoms with Crippen LogP contribution in [0.1, 0.15) is 16.8 Å². The first-order valence-electron chi connectivity index (χ1n) is 9.31. The van der Waals surface area contributed by atoms with Crippen molar-refractivity contribution >= 4 is 34.2 Å². The van der Waals surface area contributed by atoms with Crippen LogP contribution < -0.4 is 9.64 Å². The summed E-state index contributed by atoms with van der Waals surface area (Å²) in [4.78, 5) is 11.1. The van der Waals surface area contributed by atoms with Crippen molar-refractivity contribution in [3.63, 3.8) is 0 Å². The van der Waals surface area contributed by atoms with Crippen LogP contribution in [0.5, 0.6) is 5.75 Å². The first kappa shape index (κ1) is 19.3. The molecule has 4 rings (SSSR count). The molecule has 0 amide bonds. The molecule has 7 heteroatoms. The third-order valence-electron chi connectivity index (χ3n) is 4.99. The van der Waals surface area contributed by atoms with E-state index < -0.39 is 0 Å². The minimum atomic E-state index is 0.752. The maximum absolute atomic E-state index is 5.29. The molecule has 1 N–H and O–H groups in total. The van der Waals surface area contributed by atoms with Crippen LogP contribution in [0.4, 0.5) is 11.5 Å². The Balaban J connectivity index is 1.82. The highest BCUT2D eigenvalue weighted by Crippen LogP contribution is 2.36. The lowest BCUT2D eigenvalue weighted by Crippen LogP contribution is -2.15. The van der Waals surface area contributed by atoms with Crippen molar-refractivity contribution in [1.82, 2.24) is 20.2 Å². The normalized spacial score (nSPS) is 11.0. The zero-order valence-corrected chi connectivity index (χ0v) is 17.7. The highest BCUT2D eigenvalue weighted by atomic mass is 32.2. The molecule has 0 atom stereocenters. The molecule has 0 aliphatic rings. The number of fused-ring (bicyclic) bond motifs is 1. The summed E-state index contributed by atoms with van der Waals surface area (Å²) in [5.74, 6) is 1.71. The molecule has 2 aromatic heterocycles. The van der Waals surface area contributed by atoms with Gasteiger partial charge in [-0.1, -0.05) is 30.0 Å². The van der Waals surface area contributed by atoms with Crippen LogP contribution in [0, 0.1) is 6.92 Å². The van der Waals surface area contributed by atoms with Crippen LogP contribution >= 0.6 is 11.8 Å². The number of aryl methyl sites for hydroxylation is 1. The fraction of sp³-hybridized carbons (Fsp3) is 0.227. The molecule has 148 valence electrons. The molecule has 0 saturated heterocycles. The summed E-state index contributed by atoms with van der Waals surface area (Å²) < 4.78 is 5.29. The molecule has 0 fully saturated rings. The zero-order valence-electron chi connectivity index (χ0n) is 16.9. The second kappa shape index (κ2) is 8.13. The van der Waals surface area contributed by atoms with E-state index in [0.717, 1.165) is 45.4 Å².